The molecule has 1 amide bonds. The Bertz CT molecular complexity index is 1420. The van der Waals surface area contributed by atoms with Gasteiger partial charge in [0.15, 0.2) is 0 Å². The summed E-state index contributed by atoms with van der Waals surface area (Å²) in [6.07, 6.45) is 0.173. The number of amides is 1. The van der Waals surface area contributed by atoms with E-state index in [2.05, 4.69) is 4.72 Å². The molecule has 5 rings (SSSR count). The zero-order chi connectivity index (χ0) is 23.5. The Hall–Kier alpha value is -3.81. The highest BCUT2D eigenvalue weighted by atomic mass is 32.2. The maximum Gasteiger partial charge on any atom is 0.245 e. The smallest absolute Gasteiger partial charge is 0.245 e. The Morgan fingerprint density at radius 1 is 0.853 bits per heavy atom. The summed E-state index contributed by atoms with van der Waals surface area (Å²) in [7, 11) is -3.88. The molecule has 172 valence electrons. The Morgan fingerprint density at radius 3 is 2.15 bits per heavy atom. The average Bonchev–Trinajstić information content (AvgIpc) is 2.88. The van der Waals surface area contributed by atoms with Gasteiger partial charge in [0.05, 0.1) is 28.5 Å². The zero-order valence-electron chi connectivity index (χ0n) is 18.3. The number of nitrogens with zero attached hydrogens (tertiary/aromatic N) is 2. The van der Waals surface area contributed by atoms with Crippen LogP contribution in [0.1, 0.15) is 12.7 Å². The summed E-state index contributed by atoms with van der Waals surface area (Å²) in [6, 6.07) is 30.3. The lowest BCUT2D eigenvalue weighted by molar-refractivity contribution is -0.120. The average molecular weight is 472 g/mol. The molecule has 6 nitrogen and oxygen atoms in total. The Morgan fingerprint density at radius 2 is 1.47 bits per heavy atom. The Balaban J connectivity index is 0.00000289. The summed E-state index contributed by atoms with van der Waals surface area (Å²) in [5.41, 5.74) is 4.05. The lowest BCUT2D eigenvalue weighted by atomic mass is 10.00. The molecule has 1 atom stereocenters. The molecule has 2 heterocycles. The predicted molar refractivity (Wildman–Crippen MR) is 134 cm³/mol. The van der Waals surface area contributed by atoms with Crippen molar-refractivity contribution in [3.8, 4) is 11.3 Å². The zero-order valence-corrected chi connectivity index (χ0v) is 19.2. The summed E-state index contributed by atoms with van der Waals surface area (Å²) >= 11 is 0. The number of fused-ring (bicyclic) bond motifs is 1. The van der Waals surface area contributed by atoms with Crippen LogP contribution in [0.3, 0.4) is 0 Å². The third-order valence-corrected chi connectivity index (χ3v) is 7.29. The van der Waals surface area contributed by atoms with Crippen molar-refractivity contribution in [1.29, 1.82) is 0 Å². The van der Waals surface area contributed by atoms with Gasteiger partial charge in [0, 0.05) is 13.4 Å². The molecule has 1 aliphatic heterocycles. The fraction of sp³-hybridized carbons (Fsp3) is 0.111. The van der Waals surface area contributed by atoms with Crippen LogP contribution in [0.15, 0.2) is 108 Å². The highest BCUT2D eigenvalue weighted by Gasteiger charge is 2.36. The van der Waals surface area contributed by atoms with E-state index in [1.165, 1.54) is 12.1 Å². The molecule has 0 saturated carbocycles. The predicted octanol–water partition coefficient (Wildman–Crippen LogP) is 4.43. The van der Waals surface area contributed by atoms with Crippen LogP contribution in [0.2, 0.25) is 0 Å². The van der Waals surface area contributed by atoms with E-state index in [1.54, 1.807) is 23.1 Å². The molecule has 7 heteroatoms. The van der Waals surface area contributed by atoms with E-state index in [1.807, 2.05) is 72.8 Å². The molecule has 0 saturated heterocycles. The first-order valence-corrected chi connectivity index (χ1v) is 12.5. The highest BCUT2D eigenvalue weighted by Crippen LogP contribution is 2.31. The topological polar surface area (TPSA) is 79.4 Å². The molecule has 0 aliphatic carbocycles. The van der Waals surface area contributed by atoms with Crippen LogP contribution in [0.25, 0.3) is 11.3 Å². The first-order chi connectivity index (χ1) is 16.5. The molecule has 0 spiro atoms. The van der Waals surface area contributed by atoms with Crippen LogP contribution in [-0.4, -0.2) is 25.4 Å². The fourth-order valence-electron chi connectivity index (χ4n) is 4.12. The van der Waals surface area contributed by atoms with Crippen LogP contribution < -0.4 is 9.62 Å². The molecular weight excluding hydrogens is 446 g/mol. The summed E-state index contributed by atoms with van der Waals surface area (Å²) in [5, 5.41) is 0. The van der Waals surface area contributed by atoms with E-state index in [9.17, 15) is 13.2 Å². The molecule has 0 radical (unpaired) electrons. The number of aromatic nitrogens is 1. The molecule has 3 aromatic carbocycles. The molecule has 1 aromatic heterocycles. The number of nitrogens with one attached hydrogen (secondary N) is 1. The van der Waals surface area contributed by atoms with Gasteiger partial charge in [0.2, 0.25) is 15.9 Å². The van der Waals surface area contributed by atoms with Crippen LogP contribution in [-0.2, 0) is 27.8 Å². The van der Waals surface area contributed by atoms with Crippen molar-refractivity contribution in [1.82, 2.24) is 9.71 Å². The molecule has 34 heavy (non-hydrogen) atoms. The molecule has 1 N–H and O–H groups in total. The van der Waals surface area contributed by atoms with E-state index in [-0.39, 0.29) is 18.7 Å². The number of rotatable bonds is 6. The second-order valence-electron chi connectivity index (χ2n) is 8.13. The molecular formula is C27H25N3O3S. The lowest BCUT2D eigenvalue weighted by Gasteiger charge is -2.34. The number of hydrogen-bond acceptors (Lipinski definition) is 4. The quantitative estimate of drug-likeness (QED) is 0.451. The second kappa shape index (κ2) is 9.21. The fourth-order valence-corrected chi connectivity index (χ4v) is 5.33. The van der Waals surface area contributed by atoms with Crippen molar-refractivity contribution in [3.63, 3.8) is 0 Å². The number of carbonyl (C=O) groups excluding carboxylic acids is 1. The van der Waals surface area contributed by atoms with Gasteiger partial charge in [-0.2, -0.15) is 4.72 Å². The van der Waals surface area contributed by atoms with E-state index in [0.717, 1.165) is 16.8 Å². The van der Waals surface area contributed by atoms with Gasteiger partial charge in [-0.1, -0.05) is 78.9 Å². The van der Waals surface area contributed by atoms with Gasteiger partial charge in [-0.25, -0.2) is 8.42 Å². The molecule has 0 fully saturated rings. The lowest BCUT2D eigenvalue weighted by Crippen LogP contribution is -2.52. The van der Waals surface area contributed by atoms with E-state index in [4.69, 9.17) is 4.98 Å². The van der Waals surface area contributed by atoms with Crippen molar-refractivity contribution >= 4 is 21.6 Å². The van der Waals surface area contributed by atoms with Crippen LogP contribution in [0, 0.1) is 0 Å². The minimum Gasteiger partial charge on any atom is -0.305 e. The third-order valence-electron chi connectivity index (χ3n) is 5.81. The third kappa shape index (κ3) is 4.48. The van der Waals surface area contributed by atoms with Crippen molar-refractivity contribution in [3.05, 3.63) is 114 Å². The maximum absolute atomic E-state index is 13.5. The van der Waals surface area contributed by atoms with Crippen LogP contribution in [0.5, 0.6) is 0 Å². The van der Waals surface area contributed by atoms with Gasteiger partial charge in [0.25, 0.3) is 0 Å². The number of carbonyl (C=O) groups is 1. The first kappa shape index (κ1) is 22.0. The first-order valence-electron chi connectivity index (χ1n) is 11.0. The van der Waals surface area contributed by atoms with E-state index in [0.29, 0.717) is 17.9 Å². The van der Waals surface area contributed by atoms with Crippen molar-refractivity contribution in [2.75, 3.05) is 4.90 Å². The largest absolute Gasteiger partial charge is 0.305 e. The second-order valence-corrected chi connectivity index (χ2v) is 9.84. The van der Waals surface area contributed by atoms with Gasteiger partial charge in [-0.05, 0) is 29.8 Å². The van der Waals surface area contributed by atoms with Gasteiger partial charge in [0.1, 0.15) is 6.04 Å². The van der Waals surface area contributed by atoms with Gasteiger partial charge in [-0.3, -0.25) is 9.78 Å². The van der Waals surface area contributed by atoms with E-state index >= 15 is 0 Å². The van der Waals surface area contributed by atoms with Crippen LogP contribution >= 0.6 is 0 Å². The number of pyridine rings is 1. The Labute approximate surface area is 200 Å². The standard InChI is InChI=1S/C27H23N3O3S.H2/c31-27-25(29-34(32,33)22-14-8-3-9-15-22)18-24-26(30(27)19-20-10-4-1-5-11-20)17-16-23(28-24)21-12-6-2-7-13-21;/h1-17,25,29H,18-19H2;1H. The molecule has 1 unspecified atom stereocenters. The SMILES string of the molecule is O=C1C(NS(=O)(=O)c2ccccc2)Cc2nc(-c3ccccc3)ccc2N1Cc1ccccc1.[HH]. The minimum absolute atomic E-state index is 0. The number of hydrogen-bond donors (Lipinski definition) is 1. The van der Waals surface area contributed by atoms with Gasteiger partial charge in [-0.15, -0.1) is 0 Å². The normalized spacial score (nSPS) is 15.7. The van der Waals surface area contributed by atoms with Crippen molar-refractivity contribution < 1.29 is 14.6 Å². The monoisotopic (exact) mass is 471 g/mol. The minimum atomic E-state index is -3.88. The number of benzene rings is 3. The van der Waals surface area contributed by atoms with Crippen LogP contribution in [0.4, 0.5) is 5.69 Å². The summed E-state index contributed by atoms with van der Waals surface area (Å²) < 4.78 is 28.6. The highest BCUT2D eigenvalue weighted by molar-refractivity contribution is 7.89. The summed E-state index contributed by atoms with van der Waals surface area (Å²) in [5.74, 6) is -0.301. The number of anilines is 1. The van der Waals surface area contributed by atoms with Crippen molar-refractivity contribution in [2.45, 2.75) is 23.9 Å². The van der Waals surface area contributed by atoms with Gasteiger partial charge >= 0.3 is 0 Å². The van der Waals surface area contributed by atoms with E-state index < -0.39 is 16.1 Å². The summed E-state index contributed by atoms with van der Waals surface area (Å²) in [6.45, 7) is 0.322. The maximum atomic E-state index is 13.5. The molecule has 1 aliphatic rings. The summed E-state index contributed by atoms with van der Waals surface area (Å²) in [4.78, 5) is 20.1. The molecule has 0 bridgehead atoms. The van der Waals surface area contributed by atoms with Gasteiger partial charge < -0.3 is 4.90 Å². The number of sulfonamides is 1. The van der Waals surface area contributed by atoms with Crippen molar-refractivity contribution in [2.24, 2.45) is 0 Å². The Kier molecular flexibility index (Phi) is 5.96. The molecule has 4 aromatic rings.